The molecule has 2 amide bonds. The summed E-state index contributed by atoms with van der Waals surface area (Å²) in [5.74, 6) is 0.267. The molecule has 0 radical (unpaired) electrons. The number of rotatable bonds is 18. The molecule has 148 valence electrons. The van der Waals surface area contributed by atoms with Gasteiger partial charge in [0, 0.05) is 25.9 Å². The Kier molecular flexibility index (Phi) is 18.5. The molecule has 0 spiro atoms. The van der Waals surface area contributed by atoms with E-state index in [0.717, 1.165) is 19.3 Å². The number of carbonyl (C=O) groups is 2. The number of carbonyl (C=O) groups excluding carboxylic acids is 2. The van der Waals surface area contributed by atoms with Crippen LogP contribution in [-0.4, -0.2) is 24.9 Å². The highest BCUT2D eigenvalue weighted by molar-refractivity contribution is 5.76. The Hall–Kier alpha value is -1.06. The number of hydrogen-bond donors (Lipinski definition) is 2. The first-order valence-electron chi connectivity index (χ1n) is 10.7. The third kappa shape index (κ3) is 19.1. The van der Waals surface area contributed by atoms with Gasteiger partial charge in [0.15, 0.2) is 0 Å². The highest BCUT2D eigenvalue weighted by Crippen LogP contribution is 2.11. The van der Waals surface area contributed by atoms with Gasteiger partial charge < -0.3 is 10.6 Å². The summed E-state index contributed by atoms with van der Waals surface area (Å²) < 4.78 is 0. The molecule has 0 heterocycles. The first-order valence-corrected chi connectivity index (χ1v) is 10.7. The highest BCUT2D eigenvalue weighted by Gasteiger charge is 2.02. The summed E-state index contributed by atoms with van der Waals surface area (Å²) in [4.78, 5) is 23.0. The van der Waals surface area contributed by atoms with Crippen LogP contribution in [0, 0.1) is 0 Å². The Morgan fingerprint density at radius 2 is 1.00 bits per heavy atom. The van der Waals surface area contributed by atoms with Gasteiger partial charge in [0.2, 0.25) is 11.8 Å². The highest BCUT2D eigenvalue weighted by atomic mass is 16.2. The van der Waals surface area contributed by atoms with Crippen LogP contribution in [0.4, 0.5) is 0 Å². The van der Waals surface area contributed by atoms with Crippen LogP contribution in [-0.2, 0) is 9.59 Å². The molecule has 0 atom stereocenters. The van der Waals surface area contributed by atoms with E-state index in [2.05, 4.69) is 17.6 Å². The Balaban J connectivity index is 3.21. The summed E-state index contributed by atoms with van der Waals surface area (Å²) >= 11 is 0. The Bertz CT molecular complexity index is 319. The predicted octanol–water partition coefficient (Wildman–Crippen LogP) is 5.11. The fraction of sp³-hybridized carbons (Fsp3) is 0.905. The van der Waals surface area contributed by atoms with Gasteiger partial charge in [-0.1, -0.05) is 71.1 Å². The summed E-state index contributed by atoms with van der Waals surface area (Å²) in [6.45, 7) is 5.56. The van der Waals surface area contributed by atoms with Crippen LogP contribution in [0.25, 0.3) is 0 Å². The Morgan fingerprint density at radius 1 is 0.560 bits per heavy atom. The van der Waals surface area contributed by atoms with E-state index in [-0.39, 0.29) is 11.8 Å². The second-order valence-electron chi connectivity index (χ2n) is 7.05. The second-order valence-corrected chi connectivity index (χ2v) is 7.05. The van der Waals surface area contributed by atoms with E-state index >= 15 is 0 Å². The monoisotopic (exact) mass is 354 g/mol. The van der Waals surface area contributed by atoms with Crippen LogP contribution in [0.5, 0.6) is 0 Å². The van der Waals surface area contributed by atoms with E-state index in [1.807, 2.05) is 6.92 Å². The topological polar surface area (TPSA) is 58.2 Å². The molecule has 4 heteroatoms. The number of amides is 2. The molecule has 0 aliphatic carbocycles. The standard InChI is InChI=1S/C21H42N2O2/c1-3-5-6-7-8-9-10-11-12-13-14-17-21(25)23-19-16-15-18-20(24)22-4-2/h3-19H2,1-2H3,(H,22,24)(H,23,25). The zero-order chi connectivity index (χ0) is 18.6. The van der Waals surface area contributed by atoms with Gasteiger partial charge >= 0.3 is 0 Å². The fourth-order valence-electron chi connectivity index (χ4n) is 2.96. The smallest absolute Gasteiger partial charge is 0.219 e. The quantitative estimate of drug-likeness (QED) is 0.336. The van der Waals surface area contributed by atoms with E-state index in [1.54, 1.807) is 0 Å². The van der Waals surface area contributed by atoms with Gasteiger partial charge in [0.1, 0.15) is 0 Å². The van der Waals surface area contributed by atoms with Crippen LogP contribution in [0.3, 0.4) is 0 Å². The van der Waals surface area contributed by atoms with Crippen molar-refractivity contribution in [3.05, 3.63) is 0 Å². The van der Waals surface area contributed by atoms with E-state index in [4.69, 9.17) is 0 Å². The van der Waals surface area contributed by atoms with Gasteiger partial charge in [-0.15, -0.1) is 0 Å². The molecule has 0 aliphatic rings. The van der Waals surface area contributed by atoms with E-state index in [0.29, 0.717) is 25.9 Å². The minimum atomic E-state index is 0.106. The fourth-order valence-corrected chi connectivity index (χ4v) is 2.96. The molecule has 0 unspecified atom stereocenters. The lowest BCUT2D eigenvalue weighted by Gasteiger charge is -2.06. The third-order valence-electron chi connectivity index (χ3n) is 4.53. The Labute approximate surface area is 155 Å². The second kappa shape index (κ2) is 19.3. The summed E-state index contributed by atoms with van der Waals surface area (Å²) in [5.41, 5.74) is 0. The van der Waals surface area contributed by atoms with Gasteiger partial charge in [-0.2, -0.15) is 0 Å². The van der Waals surface area contributed by atoms with Gasteiger partial charge in [0.25, 0.3) is 0 Å². The number of hydrogen-bond acceptors (Lipinski definition) is 2. The van der Waals surface area contributed by atoms with Crippen LogP contribution in [0.2, 0.25) is 0 Å². The summed E-state index contributed by atoms with van der Waals surface area (Å²) in [6, 6.07) is 0. The normalized spacial score (nSPS) is 10.6. The van der Waals surface area contributed by atoms with Crippen molar-refractivity contribution in [1.82, 2.24) is 10.6 Å². The molecule has 0 aromatic heterocycles. The zero-order valence-electron chi connectivity index (χ0n) is 16.8. The van der Waals surface area contributed by atoms with Crippen molar-refractivity contribution in [3.63, 3.8) is 0 Å². The molecule has 0 aromatic carbocycles. The third-order valence-corrected chi connectivity index (χ3v) is 4.53. The van der Waals surface area contributed by atoms with Crippen LogP contribution in [0.15, 0.2) is 0 Å². The van der Waals surface area contributed by atoms with Crippen molar-refractivity contribution in [2.24, 2.45) is 0 Å². The van der Waals surface area contributed by atoms with E-state index < -0.39 is 0 Å². The molecular weight excluding hydrogens is 312 g/mol. The van der Waals surface area contributed by atoms with Gasteiger partial charge in [-0.05, 0) is 26.2 Å². The molecule has 0 fully saturated rings. The summed E-state index contributed by atoms with van der Waals surface area (Å²) in [5, 5.41) is 5.74. The first-order chi connectivity index (χ1) is 12.2. The maximum Gasteiger partial charge on any atom is 0.219 e. The van der Waals surface area contributed by atoms with Crippen molar-refractivity contribution in [1.29, 1.82) is 0 Å². The summed E-state index contributed by atoms with van der Waals surface area (Å²) in [7, 11) is 0. The molecule has 0 bridgehead atoms. The molecule has 0 saturated carbocycles. The molecular formula is C21H42N2O2. The molecule has 0 rings (SSSR count). The Morgan fingerprint density at radius 3 is 1.52 bits per heavy atom. The van der Waals surface area contributed by atoms with Crippen LogP contribution < -0.4 is 10.6 Å². The lowest BCUT2D eigenvalue weighted by atomic mass is 10.1. The van der Waals surface area contributed by atoms with Crippen molar-refractivity contribution < 1.29 is 9.59 Å². The maximum atomic E-state index is 11.7. The molecule has 0 aliphatic heterocycles. The van der Waals surface area contributed by atoms with Gasteiger partial charge in [0.05, 0.1) is 0 Å². The average Bonchev–Trinajstić information content (AvgIpc) is 2.59. The minimum Gasteiger partial charge on any atom is -0.356 e. The van der Waals surface area contributed by atoms with Crippen molar-refractivity contribution in [2.75, 3.05) is 13.1 Å². The van der Waals surface area contributed by atoms with E-state index in [9.17, 15) is 9.59 Å². The molecule has 4 nitrogen and oxygen atoms in total. The zero-order valence-corrected chi connectivity index (χ0v) is 16.8. The van der Waals surface area contributed by atoms with Crippen molar-refractivity contribution in [2.45, 2.75) is 110 Å². The summed E-state index contributed by atoms with van der Waals surface area (Å²) in [6.07, 6.45) is 17.3. The maximum absolute atomic E-state index is 11.7. The lowest BCUT2D eigenvalue weighted by molar-refractivity contribution is -0.121. The van der Waals surface area contributed by atoms with Gasteiger partial charge in [-0.25, -0.2) is 0 Å². The molecule has 0 saturated heterocycles. The number of unbranched alkanes of at least 4 members (excludes halogenated alkanes) is 11. The minimum absolute atomic E-state index is 0.106. The SMILES string of the molecule is CCCCCCCCCCCCCC(=O)NCCCCC(=O)NCC. The van der Waals surface area contributed by atoms with Crippen LogP contribution >= 0.6 is 0 Å². The van der Waals surface area contributed by atoms with Gasteiger partial charge in [-0.3, -0.25) is 9.59 Å². The average molecular weight is 355 g/mol. The first kappa shape index (κ1) is 23.9. The molecule has 0 aromatic rings. The molecule has 2 N–H and O–H groups in total. The largest absolute Gasteiger partial charge is 0.356 e. The van der Waals surface area contributed by atoms with Crippen LogP contribution in [0.1, 0.15) is 110 Å². The van der Waals surface area contributed by atoms with E-state index in [1.165, 1.54) is 64.2 Å². The molecule has 25 heavy (non-hydrogen) atoms. The van der Waals surface area contributed by atoms with Crippen molar-refractivity contribution >= 4 is 11.8 Å². The lowest BCUT2D eigenvalue weighted by Crippen LogP contribution is -2.25. The predicted molar refractivity (Wildman–Crippen MR) is 107 cm³/mol. The van der Waals surface area contributed by atoms with Crippen molar-refractivity contribution in [3.8, 4) is 0 Å². The number of nitrogens with one attached hydrogen (secondary N) is 2.